The maximum Gasteiger partial charge on any atom is 0.0594 e. The standard InChI is InChI=1S/C30H49NO2/c1-19(2)20-10-15-30(18-31-33)17-16-28(6)21(25(20)30)8-9-23-27(5)13-12-24(32)26(3,4)22(27)11-14-29(23,28)7/h18,20-25,32-33H,1,8-17H2,2-7H3/b31-18+/t20-,21?,22-,23?,24-,25?,27-,28+,29+,30+/m0/s1. The number of hydrogen-bond acceptors (Lipinski definition) is 3. The lowest BCUT2D eigenvalue weighted by molar-refractivity contribution is -0.243. The molecule has 0 radical (unpaired) electrons. The molecule has 5 rings (SSSR count). The average Bonchev–Trinajstić information content (AvgIpc) is 3.12. The lowest BCUT2D eigenvalue weighted by Gasteiger charge is -2.72. The van der Waals surface area contributed by atoms with Crippen LogP contribution in [0.25, 0.3) is 0 Å². The SMILES string of the molecule is C=C(C)[C@@H]1CC[C@]2(/C=N/O)CC[C@]3(C)C(CCC4[C@@]5(C)CC[C@H](O)C(C)(C)[C@@H]5CC[C@]43C)C12. The van der Waals surface area contributed by atoms with E-state index in [2.05, 4.69) is 53.3 Å². The van der Waals surface area contributed by atoms with E-state index in [9.17, 15) is 10.3 Å². The second-order valence-corrected chi connectivity index (χ2v) is 14.5. The van der Waals surface area contributed by atoms with Crippen molar-refractivity contribution in [3.05, 3.63) is 12.2 Å². The molecule has 186 valence electrons. The van der Waals surface area contributed by atoms with Crippen LogP contribution in [-0.4, -0.2) is 22.6 Å². The molecule has 5 saturated carbocycles. The van der Waals surface area contributed by atoms with Gasteiger partial charge >= 0.3 is 0 Å². The van der Waals surface area contributed by atoms with Crippen LogP contribution in [0.15, 0.2) is 17.3 Å². The number of nitrogens with zero attached hydrogens (tertiary/aromatic N) is 1. The van der Waals surface area contributed by atoms with Crippen molar-refractivity contribution in [2.75, 3.05) is 0 Å². The highest BCUT2D eigenvalue weighted by molar-refractivity contribution is 5.67. The monoisotopic (exact) mass is 455 g/mol. The molecule has 3 heteroatoms. The predicted molar refractivity (Wildman–Crippen MR) is 135 cm³/mol. The summed E-state index contributed by atoms with van der Waals surface area (Å²) in [5.41, 5.74) is 2.40. The first-order valence-electron chi connectivity index (χ1n) is 13.9. The van der Waals surface area contributed by atoms with Gasteiger partial charge in [-0.05, 0) is 122 Å². The summed E-state index contributed by atoms with van der Waals surface area (Å²) >= 11 is 0. The van der Waals surface area contributed by atoms with Gasteiger partial charge < -0.3 is 10.3 Å². The van der Waals surface area contributed by atoms with E-state index in [1.165, 1.54) is 50.5 Å². The zero-order valence-corrected chi connectivity index (χ0v) is 22.2. The smallest absolute Gasteiger partial charge is 0.0594 e. The Kier molecular flexibility index (Phi) is 5.31. The lowest BCUT2D eigenvalue weighted by Crippen LogP contribution is -2.66. The van der Waals surface area contributed by atoms with Crippen LogP contribution < -0.4 is 0 Å². The first-order chi connectivity index (χ1) is 15.4. The summed E-state index contributed by atoms with van der Waals surface area (Å²) in [5.74, 6) is 3.16. The fraction of sp³-hybridized carbons (Fsp3) is 0.900. The van der Waals surface area contributed by atoms with Gasteiger partial charge in [-0.25, -0.2) is 0 Å². The summed E-state index contributed by atoms with van der Waals surface area (Å²) in [6, 6.07) is 0. The van der Waals surface area contributed by atoms with E-state index in [0.717, 1.165) is 25.2 Å². The molecule has 3 nitrogen and oxygen atoms in total. The van der Waals surface area contributed by atoms with E-state index in [-0.39, 0.29) is 16.9 Å². The van der Waals surface area contributed by atoms with Crippen molar-refractivity contribution in [1.82, 2.24) is 0 Å². The van der Waals surface area contributed by atoms with E-state index >= 15 is 0 Å². The molecule has 0 aliphatic heterocycles. The summed E-state index contributed by atoms with van der Waals surface area (Å²) in [6.07, 6.45) is 13.9. The number of hydrogen-bond donors (Lipinski definition) is 2. The summed E-state index contributed by atoms with van der Waals surface area (Å²) in [5, 5.41) is 24.2. The second kappa shape index (κ2) is 7.34. The minimum Gasteiger partial charge on any atom is -0.411 e. The van der Waals surface area contributed by atoms with Crippen LogP contribution in [0.4, 0.5) is 0 Å². The maximum atomic E-state index is 10.9. The lowest BCUT2D eigenvalue weighted by atomic mass is 9.32. The molecule has 0 spiro atoms. The minimum absolute atomic E-state index is 0.0158. The van der Waals surface area contributed by atoms with Crippen molar-refractivity contribution in [1.29, 1.82) is 0 Å². The average molecular weight is 456 g/mol. The minimum atomic E-state index is -0.158. The van der Waals surface area contributed by atoms with Gasteiger partial charge in [-0.2, -0.15) is 0 Å². The molecule has 5 aliphatic carbocycles. The second-order valence-electron chi connectivity index (χ2n) is 14.5. The fourth-order valence-corrected chi connectivity index (χ4v) is 11.5. The molecule has 0 aromatic rings. The molecule has 0 bridgehead atoms. The quantitative estimate of drug-likeness (QED) is 0.196. The van der Waals surface area contributed by atoms with Crippen LogP contribution in [0.5, 0.6) is 0 Å². The Balaban J connectivity index is 1.56. The Labute approximate surface area is 202 Å². The van der Waals surface area contributed by atoms with E-state index in [4.69, 9.17) is 0 Å². The van der Waals surface area contributed by atoms with E-state index < -0.39 is 0 Å². The van der Waals surface area contributed by atoms with Crippen LogP contribution in [0, 0.1) is 56.7 Å². The number of rotatable bonds is 2. The van der Waals surface area contributed by atoms with Crippen molar-refractivity contribution in [2.45, 2.75) is 112 Å². The Morgan fingerprint density at radius 1 is 0.848 bits per heavy atom. The van der Waals surface area contributed by atoms with Gasteiger partial charge in [0.25, 0.3) is 0 Å². The van der Waals surface area contributed by atoms with E-state index in [0.29, 0.717) is 39.9 Å². The van der Waals surface area contributed by atoms with Gasteiger partial charge in [0.05, 0.1) is 12.3 Å². The zero-order chi connectivity index (χ0) is 24.0. The van der Waals surface area contributed by atoms with Gasteiger partial charge in [0.2, 0.25) is 0 Å². The zero-order valence-electron chi connectivity index (χ0n) is 22.2. The number of fused-ring (bicyclic) bond motifs is 7. The molecule has 5 aliphatic rings. The number of aliphatic hydroxyl groups excluding tert-OH is 1. The Bertz CT molecular complexity index is 848. The molecule has 0 aromatic carbocycles. The molecular weight excluding hydrogens is 406 g/mol. The predicted octanol–water partition coefficient (Wildman–Crippen LogP) is 7.46. The van der Waals surface area contributed by atoms with Crippen molar-refractivity contribution in [3.63, 3.8) is 0 Å². The van der Waals surface area contributed by atoms with Gasteiger partial charge in [0, 0.05) is 5.41 Å². The van der Waals surface area contributed by atoms with Gasteiger partial charge in [0.15, 0.2) is 0 Å². The highest BCUT2D eigenvalue weighted by Gasteiger charge is 2.70. The third-order valence-electron chi connectivity index (χ3n) is 13.4. The first-order valence-corrected chi connectivity index (χ1v) is 13.9. The number of oxime groups is 1. The van der Waals surface area contributed by atoms with Crippen molar-refractivity contribution < 1.29 is 10.3 Å². The highest BCUT2D eigenvalue weighted by Crippen LogP contribution is 2.77. The van der Waals surface area contributed by atoms with Gasteiger partial charge in [0.1, 0.15) is 0 Å². The molecule has 0 aromatic heterocycles. The molecule has 0 amide bonds. The molecule has 0 heterocycles. The Morgan fingerprint density at radius 3 is 2.24 bits per heavy atom. The van der Waals surface area contributed by atoms with Gasteiger partial charge in [-0.1, -0.05) is 46.8 Å². The third kappa shape index (κ3) is 2.87. The van der Waals surface area contributed by atoms with Crippen molar-refractivity contribution >= 4 is 6.21 Å². The summed E-state index contributed by atoms with van der Waals surface area (Å²) < 4.78 is 0. The van der Waals surface area contributed by atoms with Crippen LogP contribution in [0.1, 0.15) is 106 Å². The van der Waals surface area contributed by atoms with Crippen molar-refractivity contribution in [2.24, 2.45) is 61.8 Å². The molecular formula is C30H49NO2. The topological polar surface area (TPSA) is 52.8 Å². The summed E-state index contributed by atoms with van der Waals surface area (Å²) in [6.45, 7) is 19.3. The molecule has 5 fully saturated rings. The van der Waals surface area contributed by atoms with Crippen LogP contribution in [0.2, 0.25) is 0 Å². The molecule has 10 atom stereocenters. The number of allylic oxidation sites excluding steroid dienone is 1. The molecule has 33 heavy (non-hydrogen) atoms. The molecule has 3 unspecified atom stereocenters. The largest absolute Gasteiger partial charge is 0.411 e. The Morgan fingerprint density at radius 2 is 1.58 bits per heavy atom. The van der Waals surface area contributed by atoms with Crippen molar-refractivity contribution in [3.8, 4) is 0 Å². The van der Waals surface area contributed by atoms with Crippen LogP contribution >= 0.6 is 0 Å². The number of aliphatic hydroxyl groups is 1. The van der Waals surface area contributed by atoms with Crippen LogP contribution in [0.3, 0.4) is 0 Å². The maximum absolute atomic E-state index is 10.9. The van der Waals surface area contributed by atoms with Gasteiger partial charge in [-0.3, -0.25) is 0 Å². The fourth-order valence-electron chi connectivity index (χ4n) is 11.5. The highest BCUT2D eigenvalue weighted by atomic mass is 16.4. The molecule has 2 N–H and O–H groups in total. The summed E-state index contributed by atoms with van der Waals surface area (Å²) in [7, 11) is 0. The normalized spacial score (nSPS) is 55.4. The Hall–Kier alpha value is -0.830. The summed E-state index contributed by atoms with van der Waals surface area (Å²) in [4.78, 5) is 0. The van der Waals surface area contributed by atoms with Gasteiger partial charge in [-0.15, -0.1) is 5.16 Å². The van der Waals surface area contributed by atoms with E-state index in [1.807, 2.05) is 6.21 Å². The van der Waals surface area contributed by atoms with E-state index in [1.54, 1.807) is 0 Å². The van der Waals surface area contributed by atoms with Crippen LogP contribution in [-0.2, 0) is 0 Å². The third-order valence-corrected chi connectivity index (χ3v) is 13.4. The first kappa shape index (κ1) is 23.9. The molecule has 0 saturated heterocycles.